The van der Waals surface area contributed by atoms with Crippen LogP contribution >= 0.6 is 0 Å². The normalized spacial score (nSPS) is 12.8. The van der Waals surface area contributed by atoms with Gasteiger partial charge in [-0.05, 0) is 31.5 Å². The van der Waals surface area contributed by atoms with Crippen molar-refractivity contribution in [3.05, 3.63) is 23.8 Å². The second kappa shape index (κ2) is 6.23. The van der Waals surface area contributed by atoms with Gasteiger partial charge in [-0.2, -0.15) is 0 Å². The number of hydrogen-bond acceptors (Lipinski definition) is 4. The first-order valence-electron chi connectivity index (χ1n) is 6.20. The van der Waals surface area contributed by atoms with Gasteiger partial charge in [-0.15, -0.1) is 0 Å². The fourth-order valence-electron chi connectivity index (χ4n) is 1.71. The number of ether oxygens (including phenoxy) is 1. The molecule has 0 bridgehead atoms. The minimum absolute atomic E-state index is 0.0579. The van der Waals surface area contributed by atoms with Gasteiger partial charge >= 0.3 is 0 Å². The lowest BCUT2D eigenvalue weighted by Gasteiger charge is -2.24. The molecule has 1 amide bonds. The third kappa shape index (κ3) is 3.49. The van der Waals surface area contributed by atoms with Gasteiger partial charge in [-0.3, -0.25) is 4.79 Å². The number of methoxy groups -OCH3 is 1. The van der Waals surface area contributed by atoms with Crippen molar-refractivity contribution >= 4 is 15.9 Å². The third-order valence-electron chi connectivity index (χ3n) is 3.29. The molecule has 1 aromatic rings. The molecular formula is C13H20N2O4S. The number of rotatable bonds is 5. The molecule has 112 valence electrons. The number of benzene rings is 1. The predicted molar refractivity (Wildman–Crippen MR) is 76.2 cm³/mol. The Hall–Kier alpha value is -1.60. The first-order chi connectivity index (χ1) is 9.22. The van der Waals surface area contributed by atoms with Crippen molar-refractivity contribution in [3.8, 4) is 5.75 Å². The van der Waals surface area contributed by atoms with Crippen LogP contribution in [0, 0.1) is 0 Å². The molecule has 0 heterocycles. The number of nitrogens with two attached hydrogens (primary N) is 1. The minimum Gasteiger partial charge on any atom is -0.495 e. The van der Waals surface area contributed by atoms with E-state index < -0.39 is 10.0 Å². The van der Waals surface area contributed by atoms with E-state index in [4.69, 9.17) is 9.88 Å². The van der Waals surface area contributed by atoms with E-state index in [0.717, 1.165) is 6.42 Å². The van der Waals surface area contributed by atoms with E-state index in [2.05, 4.69) is 0 Å². The lowest BCUT2D eigenvalue weighted by atomic mass is 10.1. The van der Waals surface area contributed by atoms with Gasteiger partial charge in [0.15, 0.2) is 0 Å². The average molecular weight is 300 g/mol. The van der Waals surface area contributed by atoms with Gasteiger partial charge in [0.1, 0.15) is 10.6 Å². The Morgan fingerprint density at radius 3 is 2.50 bits per heavy atom. The van der Waals surface area contributed by atoms with E-state index in [1.807, 2.05) is 13.8 Å². The van der Waals surface area contributed by atoms with Gasteiger partial charge in [0.25, 0.3) is 5.91 Å². The van der Waals surface area contributed by atoms with Crippen LogP contribution in [0.25, 0.3) is 0 Å². The summed E-state index contributed by atoms with van der Waals surface area (Å²) in [7, 11) is -0.927. The number of sulfonamides is 1. The standard InChI is InChI=1S/C13H20N2O4S/c1-5-9(2)15(3)13(16)10-6-7-11(19-4)12(8-10)20(14,17)18/h6-9H,5H2,1-4H3,(H2,14,17,18). The van der Waals surface area contributed by atoms with Gasteiger partial charge in [0.05, 0.1) is 7.11 Å². The Balaban J connectivity index is 3.25. The SMILES string of the molecule is CCC(C)N(C)C(=O)c1ccc(OC)c(S(N)(=O)=O)c1. The smallest absolute Gasteiger partial charge is 0.253 e. The summed E-state index contributed by atoms with van der Waals surface area (Å²) in [5.41, 5.74) is 0.262. The lowest BCUT2D eigenvalue weighted by Crippen LogP contribution is -2.34. The summed E-state index contributed by atoms with van der Waals surface area (Å²) in [6, 6.07) is 4.25. The fourth-order valence-corrected chi connectivity index (χ4v) is 2.43. The van der Waals surface area contributed by atoms with Crippen LogP contribution in [0.15, 0.2) is 23.1 Å². The highest BCUT2D eigenvalue weighted by Gasteiger charge is 2.21. The zero-order valence-corrected chi connectivity index (χ0v) is 12.9. The van der Waals surface area contributed by atoms with Crippen molar-refractivity contribution in [1.82, 2.24) is 4.90 Å². The van der Waals surface area contributed by atoms with Gasteiger partial charge in [-0.1, -0.05) is 6.92 Å². The number of carbonyl (C=O) groups excluding carboxylic acids is 1. The number of carbonyl (C=O) groups is 1. The van der Waals surface area contributed by atoms with Crippen LogP contribution < -0.4 is 9.88 Å². The average Bonchev–Trinajstić information content (AvgIpc) is 2.43. The molecule has 0 radical (unpaired) electrons. The van der Waals surface area contributed by atoms with E-state index >= 15 is 0 Å². The number of nitrogens with zero attached hydrogens (tertiary/aromatic N) is 1. The summed E-state index contributed by atoms with van der Waals surface area (Å²) in [6.45, 7) is 3.89. The van der Waals surface area contributed by atoms with Crippen molar-refractivity contribution in [3.63, 3.8) is 0 Å². The summed E-state index contributed by atoms with van der Waals surface area (Å²) in [6.07, 6.45) is 0.806. The van der Waals surface area contributed by atoms with Crippen LogP contribution in [-0.4, -0.2) is 39.4 Å². The Kier molecular flexibility index (Phi) is 5.13. The summed E-state index contributed by atoms with van der Waals surface area (Å²) in [4.78, 5) is 13.6. The molecular weight excluding hydrogens is 280 g/mol. The molecule has 20 heavy (non-hydrogen) atoms. The molecule has 1 aromatic carbocycles. The van der Waals surface area contributed by atoms with E-state index in [-0.39, 0.29) is 28.2 Å². The summed E-state index contributed by atoms with van der Waals surface area (Å²) < 4.78 is 28.0. The summed E-state index contributed by atoms with van der Waals surface area (Å²) in [5, 5.41) is 5.13. The zero-order valence-electron chi connectivity index (χ0n) is 12.1. The first-order valence-corrected chi connectivity index (χ1v) is 7.75. The highest BCUT2D eigenvalue weighted by atomic mass is 32.2. The molecule has 0 spiro atoms. The molecule has 1 atom stereocenters. The Morgan fingerprint density at radius 1 is 1.45 bits per heavy atom. The van der Waals surface area contributed by atoms with E-state index in [0.29, 0.717) is 0 Å². The van der Waals surface area contributed by atoms with Crippen LogP contribution in [0.5, 0.6) is 5.75 Å². The molecule has 6 nitrogen and oxygen atoms in total. The topological polar surface area (TPSA) is 89.7 Å². The minimum atomic E-state index is -3.95. The van der Waals surface area contributed by atoms with Gasteiger partial charge in [0, 0.05) is 18.7 Å². The predicted octanol–water partition coefficient (Wildman–Crippen LogP) is 1.21. The Morgan fingerprint density at radius 2 is 2.05 bits per heavy atom. The largest absolute Gasteiger partial charge is 0.495 e. The van der Waals surface area contributed by atoms with Crippen LogP contribution in [0.4, 0.5) is 0 Å². The van der Waals surface area contributed by atoms with Gasteiger partial charge < -0.3 is 9.64 Å². The number of amides is 1. The lowest BCUT2D eigenvalue weighted by molar-refractivity contribution is 0.0740. The van der Waals surface area contributed by atoms with E-state index in [1.165, 1.54) is 25.3 Å². The number of primary sulfonamides is 1. The van der Waals surface area contributed by atoms with E-state index in [1.54, 1.807) is 11.9 Å². The first kappa shape index (κ1) is 16.5. The van der Waals surface area contributed by atoms with Crippen molar-refractivity contribution in [2.75, 3.05) is 14.2 Å². The third-order valence-corrected chi connectivity index (χ3v) is 4.22. The van der Waals surface area contributed by atoms with Crippen molar-refractivity contribution in [1.29, 1.82) is 0 Å². The maximum absolute atomic E-state index is 12.3. The van der Waals surface area contributed by atoms with Gasteiger partial charge in [-0.25, -0.2) is 13.6 Å². The molecule has 0 aromatic heterocycles. The molecule has 0 aliphatic rings. The van der Waals surface area contributed by atoms with Crippen LogP contribution in [0.2, 0.25) is 0 Å². The van der Waals surface area contributed by atoms with Crippen LogP contribution in [0.1, 0.15) is 30.6 Å². The summed E-state index contributed by atoms with van der Waals surface area (Å²) >= 11 is 0. The van der Waals surface area contributed by atoms with Crippen molar-refractivity contribution in [2.45, 2.75) is 31.2 Å². The summed E-state index contributed by atoms with van der Waals surface area (Å²) in [5.74, 6) is -0.137. The molecule has 1 rings (SSSR count). The molecule has 0 fully saturated rings. The quantitative estimate of drug-likeness (QED) is 0.885. The van der Waals surface area contributed by atoms with Crippen LogP contribution in [0.3, 0.4) is 0 Å². The monoisotopic (exact) mass is 300 g/mol. The molecule has 2 N–H and O–H groups in total. The number of hydrogen-bond donors (Lipinski definition) is 1. The maximum atomic E-state index is 12.3. The van der Waals surface area contributed by atoms with Gasteiger partial charge in [0.2, 0.25) is 10.0 Å². The highest BCUT2D eigenvalue weighted by molar-refractivity contribution is 7.89. The van der Waals surface area contributed by atoms with Crippen molar-refractivity contribution < 1.29 is 17.9 Å². The maximum Gasteiger partial charge on any atom is 0.253 e. The molecule has 1 unspecified atom stereocenters. The Labute approximate surface area is 119 Å². The fraction of sp³-hybridized carbons (Fsp3) is 0.462. The molecule has 0 saturated heterocycles. The second-order valence-electron chi connectivity index (χ2n) is 4.58. The van der Waals surface area contributed by atoms with Crippen LogP contribution in [-0.2, 0) is 10.0 Å². The van der Waals surface area contributed by atoms with Crippen molar-refractivity contribution in [2.24, 2.45) is 5.14 Å². The van der Waals surface area contributed by atoms with E-state index in [9.17, 15) is 13.2 Å². The second-order valence-corrected chi connectivity index (χ2v) is 6.11. The molecule has 0 saturated carbocycles. The highest BCUT2D eigenvalue weighted by Crippen LogP contribution is 2.24. The molecule has 0 aliphatic carbocycles. The Bertz CT molecular complexity index is 598. The molecule has 7 heteroatoms. The zero-order chi connectivity index (χ0) is 15.5. The molecule has 0 aliphatic heterocycles.